The molecule has 0 spiro atoms. The number of hydrogen-bond donors (Lipinski definition) is 1. The van der Waals surface area contributed by atoms with Crippen LogP contribution >= 0.6 is 27.7 Å². The van der Waals surface area contributed by atoms with E-state index in [9.17, 15) is 13.2 Å². The maximum Gasteiger partial charge on any atom is 0.339 e. The van der Waals surface area contributed by atoms with E-state index in [2.05, 4.69) is 26.2 Å². The van der Waals surface area contributed by atoms with Crippen LogP contribution in [0.1, 0.15) is 16.7 Å². The predicted molar refractivity (Wildman–Crippen MR) is 135 cm³/mol. The lowest BCUT2D eigenvalue weighted by atomic mass is 10.2. The summed E-state index contributed by atoms with van der Waals surface area (Å²) < 4.78 is 30.9. The Morgan fingerprint density at radius 3 is 2.24 bits per heavy atom. The lowest BCUT2D eigenvalue weighted by Crippen LogP contribution is -2.19. The van der Waals surface area contributed by atoms with Gasteiger partial charge < -0.3 is 9.50 Å². The second-order valence-corrected chi connectivity index (χ2v) is 10.8. The molecule has 1 fully saturated rings. The van der Waals surface area contributed by atoms with Gasteiger partial charge in [-0.1, -0.05) is 41.5 Å². The topological polar surface area (TPSA) is 84.8 Å². The standard InChI is InChI=1S/C24H19BrN2O4S2/c1-15-3-8-18(9-4-15)26-24-27-23(28)22(32-24)14-17-7-12-21(20(25)13-17)31-33(29,30)19-10-5-16(2)6-11-19/h3-14H,1-2H3,(H,26,27,28)/b22-14-. The summed E-state index contributed by atoms with van der Waals surface area (Å²) in [6.45, 7) is 3.87. The number of carbonyl (C=O) groups is 1. The molecule has 0 bridgehead atoms. The summed E-state index contributed by atoms with van der Waals surface area (Å²) in [5, 5.41) is 3.25. The zero-order valence-corrected chi connectivity index (χ0v) is 20.9. The number of benzene rings is 3. The fourth-order valence-electron chi connectivity index (χ4n) is 2.91. The van der Waals surface area contributed by atoms with Crippen molar-refractivity contribution in [3.05, 3.63) is 92.8 Å². The molecule has 1 aliphatic heterocycles. The van der Waals surface area contributed by atoms with Gasteiger partial charge in [0.25, 0.3) is 5.91 Å². The molecule has 1 heterocycles. The third-order valence-electron chi connectivity index (χ3n) is 4.68. The predicted octanol–water partition coefficient (Wildman–Crippen LogP) is 5.73. The second kappa shape index (κ2) is 9.54. The lowest BCUT2D eigenvalue weighted by Gasteiger charge is -2.09. The van der Waals surface area contributed by atoms with E-state index in [1.165, 1.54) is 23.9 Å². The summed E-state index contributed by atoms with van der Waals surface area (Å²) in [6.07, 6.45) is 1.71. The SMILES string of the molecule is Cc1ccc(N=C2NC(=O)/C(=C/c3ccc(OS(=O)(=O)c4ccc(C)cc4)c(Br)c3)S2)cc1. The Kier molecular flexibility index (Phi) is 6.73. The van der Waals surface area contributed by atoms with E-state index < -0.39 is 10.1 Å². The Morgan fingerprint density at radius 2 is 1.61 bits per heavy atom. The van der Waals surface area contributed by atoms with Crippen molar-refractivity contribution in [1.82, 2.24) is 5.32 Å². The number of thioether (sulfide) groups is 1. The monoisotopic (exact) mass is 542 g/mol. The lowest BCUT2D eigenvalue weighted by molar-refractivity contribution is -0.115. The molecule has 4 rings (SSSR count). The van der Waals surface area contributed by atoms with Crippen molar-refractivity contribution in [2.75, 3.05) is 0 Å². The van der Waals surface area contributed by atoms with Gasteiger partial charge in [-0.2, -0.15) is 8.42 Å². The van der Waals surface area contributed by atoms with Crippen molar-refractivity contribution in [1.29, 1.82) is 0 Å². The van der Waals surface area contributed by atoms with Crippen molar-refractivity contribution in [3.8, 4) is 5.75 Å². The van der Waals surface area contributed by atoms with Gasteiger partial charge >= 0.3 is 10.1 Å². The van der Waals surface area contributed by atoms with Crippen LogP contribution in [-0.2, 0) is 14.9 Å². The Hall–Kier alpha value is -2.88. The molecule has 3 aromatic rings. The van der Waals surface area contributed by atoms with E-state index in [-0.39, 0.29) is 16.6 Å². The van der Waals surface area contributed by atoms with Crippen LogP contribution in [0, 0.1) is 13.8 Å². The molecule has 1 aliphatic rings. The number of halogens is 1. The fraction of sp³-hybridized carbons (Fsp3) is 0.0833. The zero-order valence-electron chi connectivity index (χ0n) is 17.7. The minimum atomic E-state index is -3.97. The minimum Gasteiger partial charge on any atom is -0.378 e. The Labute approximate surface area is 205 Å². The third-order valence-corrected chi connectivity index (χ3v) is 7.46. The summed E-state index contributed by atoms with van der Waals surface area (Å²) in [5.41, 5.74) is 3.54. The molecule has 0 radical (unpaired) electrons. The molecule has 9 heteroatoms. The van der Waals surface area contributed by atoms with Crippen molar-refractivity contribution >= 4 is 60.6 Å². The van der Waals surface area contributed by atoms with Gasteiger partial charge in [0.05, 0.1) is 15.1 Å². The van der Waals surface area contributed by atoms with E-state index in [1.807, 2.05) is 38.1 Å². The Morgan fingerprint density at radius 1 is 0.970 bits per heavy atom. The van der Waals surface area contributed by atoms with Crippen LogP contribution in [0.4, 0.5) is 5.69 Å². The number of nitrogens with one attached hydrogen (secondary N) is 1. The van der Waals surface area contributed by atoms with Crippen molar-refractivity contribution in [3.63, 3.8) is 0 Å². The first-order valence-electron chi connectivity index (χ1n) is 9.86. The van der Waals surface area contributed by atoms with Gasteiger partial charge in [0, 0.05) is 0 Å². The second-order valence-electron chi connectivity index (χ2n) is 7.36. The first-order chi connectivity index (χ1) is 15.7. The smallest absolute Gasteiger partial charge is 0.339 e. The highest BCUT2D eigenvalue weighted by molar-refractivity contribution is 9.10. The summed E-state index contributed by atoms with van der Waals surface area (Å²) >= 11 is 4.60. The normalized spacial score (nSPS) is 16.3. The van der Waals surface area contributed by atoms with Crippen LogP contribution in [-0.4, -0.2) is 19.5 Å². The highest BCUT2D eigenvalue weighted by Gasteiger charge is 2.24. The van der Waals surface area contributed by atoms with Gasteiger partial charge in [0.2, 0.25) is 0 Å². The van der Waals surface area contributed by atoms with Crippen LogP contribution in [0.3, 0.4) is 0 Å². The van der Waals surface area contributed by atoms with E-state index in [1.54, 1.807) is 36.4 Å². The molecular weight excluding hydrogens is 524 g/mol. The molecule has 0 aromatic heterocycles. The average Bonchev–Trinajstić information content (AvgIpc) is 3.10. The molecule has 1 N–H and O–H groups in total. The maximum absolute atomic E-state index is 12.6. The summed E-state index contributed by atoms with van der Waals surface area (Å²) in [4.78, 5) is 17.4. The fourth-order valence-corrected chi connectivity index (χ4v) is 5.29. The zero-order chi connectivity index (χ0) is 23.6. The van der Waals surface area contributed by atoms with E-state index in [4.69, 9.17) is 4.18 Å². The number of nitrogens with zero attached hydrogens (tertiary/aromatic N) is 1. The molecule has 0 saturated carbocycles. The number of hydrogen-bond acceptors (Lipinski definition) is 6. The van der Waals surface area contributed by atoms with Gasteiger partial charge in [0.1, 0.15) is 4.90 Å². The quantitative estimate of drug-likeness (QED) is 0.329. The molecule has 0 atom stereocenters. The van der Waals surface area contributed by atoms with Gasteiger partial charge in [0.15, 0.2) is 10.9 Å². The van der Waals surface area contributed by atoms with Crippen molar-refractivity contribution in [2.45, 2.75) is 18.7 Å². The summed E-state index contributed by atoms with van der Waals surface area (Å²) in [6, 6.07) is 19.0. The Bertz CT molecular complexity index is 1380. The third kappa shape index (κ3) is 5.73. The number of amidine groups is 1. The molecule has 0 aliphatic carbocycles. The average molecular weight is 543 g/mol. The van der Waals surface area contributed by atoms with Gasteiger partial charge in [-0.25, -0.2) is 4.99 Å². The molecule has 3 aromatic carbocycles. The van der Waals surface area contributed by atoms with E-state index in [0.29, 0.717) is 20.1 Å². The summed E-state index contributed by atoms with van der Waals surface area (Å²) in [7, 11) is -3.97. The molecule has 1 saturated heterocycles. The molecule has 6 nitrogen and oxygen atoms in total. The van der Waals surface area contributed by atoms with Crippen LogP contribution < -0.4 is 9.50 Å². The van der Waals surface area contributed by atoms with Crippen LogP contribution in [0.25, 0.3) is 6.08 Å². The maximum atomic E-state index is 12.6. The van der Waals surface area contributed by atoms with Crippen LogP contribution in [0.15, 0.2) is 86.0 Å². The molecule has 33 heavy (non-hydrogen) atoms. The first-order valence-corrected chi connectivity index (χ1v) is 12.9. The number of aliphatic imine (C=N–C) groups is 1. The molecule has 168 valence electrons. The molecule has 0 unspecified atom stereocenters. The van der Waals surface area contributed by atoms with Crippen LogP contribution in [0.2, 0.25) is 0 Å². The van der Waals surface area contributed by atoms with E-state index >= 15 is 0 Å². The van der Waals surface area contributed by atoms with E-state index in [0.717, 1.165) is 16.8 Å². The largest absolute Gasteiger partial charge is 0.378 e. The van der Waals surface area contributed by atoms with Crippen molar-refractivity contribution < 1.29 is 17.4 Å². The number of amides is 1. The molecule has 1 amide bonds. The van der Waals surface area contributed by atoms with Gasteiger partial charge in [-0.3, -0.25) is 4.79 Å². The number of aryl methyl sites for hydroxylation is 2. The Balaban J connectivity index is 1.51. The number of rotatable bonds is 5. The van der Waals surface area contributed by atoms with Crippen LogP contribution in [0.5, 0.6) is 5.75 Å². The number of carbonyl (C=O) groups excluding carboxylic acids is 1. The van der Waals surface area contributed by atoms with Gasteiger partial charge in [-0.05, 0) is 89.6 Å². The first kappa shape index (κ1) is 23.3. The highest BCUT2D eigenvalue weighted by Crippen LogP contribution is 2.32. The minimum absolute atomic E-state index is 0.0746. The highest BCUT2D eigenvalue weighted by atomic mass is 79.9. The van der Waals surface area contributed by atoms with Crippen molar-refractivity contribution in [2.24, 2.45) is 4.99 Å². The molecular formula is C24H19BrN2O4S2. The van der Waals surface area contributed by atoms with Gasteiger partial charge in [-0.15, -0.1) is 0 Å². The summed E-state index contributed by atoms with van der Waals surface area (Å²) in [5.74, 6) is -0.0906.